The first kappa shape index (κ1) is 22.5. The van der Waals surface area contributed by atoms with Crippen LogP contribution in [0.1, 0.15) is 43.2 Å². The zero-order valence-electron chi connectivity index (χ0n) is 20.1. The van der Waals surface area contributed by atoms with Crippen molar-refractivity contribution in [3.8, 4) is 11.4 Å². The van der Waals surface area contributed by atoms with E-state index in [0.29, 0.717) is 23.6 Å². The van der Waals surface area contributed by atoms with E-state index >= 15 is 0 Å². The molecule has 0 aliphatic carbocycles. The molecule has 4 aromatic heterocycles. The second kappa shape index (κ2) is 9.94. The molecule has 2 aliphatic heterocycles. The van der Waals surface area contributed by atoms with Gasteiger partial charge in [0, 0.05) is 55.9 Å². The van der Waals surface area contributed by atoms with Crippen molar-refractivity contribution in [2.24, 2.45) is 0 Å². The molecule has 11 nitrogen and oxygen atoms in total. The first-order valence-electron chi connectivity index (χ1n) is 12.4. The number of anilines is 4. The molecule has 186 valence electrons. The molecular weight excluding hydrogens is 458 g/mol. The number of H-pyrrole nitrogens is 1. The summed E-state index contributed by atoms with van der Waals surface area (Å²) in [6, 6.07) is 11.9. The number of hydrogen-bond donors (Lipinski definition) is 3. The van der Waals surface area contributed by atoms with Crippen LogP contribution in [0.25, 0.3) is 11.4 Å². The average Bonchev–Trinajstić information content (AvgIpc) is 3.66. The number of ether oxygens (including phenoxy) is 1. The van der Waals surface area contributed by atoms with Gasteiger partial charge in [0.1, 0.15) is 17.3 Å². The quantitative estimate of drug-likeness (QED) is 0.348. The fourth-order valence-electron chi connectivity index (χ4n) is 4.75. The molecule has 0 saturated carbocycles. The van der Waals surface area contributed by atoms with E-state index in [1.807, 2.05) is 43.3 Å². The van der Waals surface area contributed by atoms with Gasteiger partial charge in [-0.25, -0.2) is 0 Å². The average molecular weight is 488 g/mol. The predicted molar refractivity (Wildman–Crippen MR) is 135 cm³/mol. The zero-order valence-corrected chi connectivity index (χ0v) is 20.1. The van der Waals surface area contributed by atoms with Crippen LogP contribution in [0.4, 0.5) is 23.4 Å². The SMILES string of the molecule is Cc1cc(Nc2cc(NC3CCOCC3)nc(N3CCC[C@H]3c3cc(-c4ccccn4)no3)n2)n[nH]1. The van der Waals surface area contributed by atoms with Crippen LogP contribution in [-0.2, 0) is 4.74 Å². The van der Waals surface area contributed by atoms with Crippen LogP contribution in [0.3, 0.4) is 0 Å². The molecule has 2 aliphatic rings. The fraction of sp³-hybridized carbons (Fsp3) is 0.400. The van der Waals surface area contributed by atoms with Crippen LogP contribution >= 0.6 is 0 Å². The number of pyridine rings is 1. The minimum atomic E-state index is -0.00577. The highest BCUT2D eigenvalue weighted by Gasteiger charge is 2.32. The van der Waals surface area contributed by atoms with Crippen LogP contribution in [0.2, 0.25) is 0 Å². The Kier molecular flexibility index (Phi) is 6.20. The fourth-order valence-corrected chi connectivity index (χ4v) is 4.75. The molecule has 1 atom stereocenters. The van der Waals surface area contributed by atoms with Crippen LogP contribution in [0.15, 0.2) is 47.1 Å². The number of aromatic amines is 1. The molecule has 0 spiro atoms. The van der Waals surface area contributed by atoms with Crippen molar-refractivity contribution in [3.05, 3.63) is 54.0 Å². The Labute approximate surface area is 208 Å². The van der Waals surface area contributed by atoms with Gasteiger partial charge in [-0.3, -0.25) is 10.1 Å². The Hall–Kier alpha value is -3.99. The number of rotatable bonds is 7. The third-order valence-corrected chi connectivity index (χ3v) is 6.54. The monoisotopic (exact) mass is 487 g/mol. The molecular formula is C25H29N9O2. The summed E-state index contributed by atoms with van der Waals surface area (Å²) in [6.45, 7) is 4.30. The molecule has 0 bridgehead atoms. The Balaban J connectivity index is 1.30. The molecule has 6 rings (SSSR count). The molecule has 2 saturated heterocycles. The van der Waals surface area contributed by atoms with E-state index in [1.165, 1.54) is 0 Å². The highest BCUT2D eigenvalue weighted by atomic mass is 16.5. The van der Waals surface area contributed by atoms with Crippen molar-refractivity contribution in [2.45, 2.75) is 44.7 Å². The minimum Gasteiger partial charge on any atom is -0.381 e. The van der Waals surface area contributed by atoms with Crippen molar-refractivity contribution in [3.63, 3.8) is 0 Å². The Morgan fingerprint density at radius 2 is 1.89 bits per heavy atom. The second-order valence-electron chi connectivity index (χ2n) is 9.21. The van der Waals surface area contributed by atoms with E-state index in [4.69, 9.17) is 19.2 Å². The minimum absolute atomic E-state index is 0.00577. The van der Waals surface area contributed by atoms with Crippen LogP contribution in [-0.4, -0.2) is 56.1 Å². The molecule has 36 heavy (non-hydrogen) atoms. The molecule has 0 radical (unpaired) electrons. The van der Waals surface area contributed by atoms with Crippen molar-refractivity contribution in [2.75, 3.05) is 35.3 Å². The lowest BCUT2D eigenvalue weighted by Gasteiger charge is -2.26. The first-order chi connectivity index (χ1) is 17.7. The third kappa shape index (κ3) is 4.87. The summed E-state index contributed by atoms with van der Waals surface area (Å²) in [5, 5.41) is 18.4. The number of nitrogens with zero attached hydrogens (tertiary/aromatic N) is 6. The van der Waals surface area contributed by atoms with Crippen molar-refractivity contribution < 1.29 is 9.26 Å². The van der Waals surface area contributed by atoms with Gasteiger partial charge in [0.15, 0.2) is 11.6 Å². The summed E-state index contributed by atoms with van der Waals surface area (Å²) in [5.41, 5.74) is 2.49. The highest BCUT2D eigenvalue weighted by Crippen LogP contribution is 2.37. The maximum Gasteiger partial charge on any atom is 0.229 e. The van der Waals surface area contributed by atoms with E-state index in [-0.39, 0.29) is 6.04 Å². The predicted octanol–water partition coefficient (Wildman–Crippen LogP) is 4.23. The van der Waals surface area contributed by atoms with Gasteiger partial charge in [-0.05, 0) is 44.7 Å². The summed E-state index contributed by atoms with van der Waals surface area (Å²) in [7, 11) is 0. The summed E-state index contributed by atoms with van der Waals surface area (Å²) in [6.07, 6.45) is 5.58. The summed E-state index contributed by atoms with van der Waals surface area (Å²) >= 11 is 0. The maximum absolute atomic E-state index is 5.79. The number of aryl methyl sites for hydroxylation is 1. The molecule has 6 heterocycles. The number of nitrogens with one attached hydrogen (secondary N) is 3. The second-order valence-corrected chi connectivity index (χ2v) is 9.21. The normalized spacial score (nSPS) is 18.5. The number of aromatic nitrogens is 6. The van der Waals surface area contributed by atoms with Crippen molar-refractivity contribution in [1.29, 1.82) is 0 Å². The molecule has 0 aromatic carbocycles. The third-order valence-electron chi connectivity index (χ3n) is 6.54. The lowest BCUT2D eigenvalue weighted by atomic mass is 10.1. The first-order valence-corrected chi connectivity index (χ1v) is 12.4. The molecule has 0 unspecified atom stereocenters. The summed E-state index contributed by atoms with van der Waals surface area (Å²) in [5.74, 6) is 3.59. The summed E-state index contributed by atoms with van der Waals surface area (Å²) in [4.78, 5) is 16.4. The van der Waals surface area contributed by atoms with Gasteiger partial charge in [-0.1, -0.05) is 11.2 Å². The van der Waals surface area contributed by atoms with Crippen LogP contribution in [0, 0.1) is 6.92 Å². The Morgan fingerprint density at radius 3 is 2.69 bits per heavy atom. The van der Waals surface area contributed by atoms with E-state index in [1.54, 1.807) is 6.20 Å². The van der Waals surface area contributed by atoms with E-state index in [0.717, 1.165) is 74.1 Å². The van der Waals surface area contributed by atoms with Gasteiger partial charge in [-0.2, -0.15) is 15.1 Å². The molecule has 4 aromatic rings. The van der Waals surface area contributed by atoms with Gasteiger partial charge in [0.2, 0.25) is 5.95 Å². The lowest BCUT2D eigenvalue weighted by molar-refractivity contribution is 0.0904. The van der Waals surface area contributed by atoms with E-state index in [9.17, 15) is 0 Å². The standard InChI is InChI=1S/C25H29N9O2/c1-16-13-24(32-31-16)28-23-15-22(27-17-7-11-35-12-8-17)29-25(30-23)34-10-4-6-20(34)21-14-19(33-36-21)18-5-2-3-9-26-18/h2-3,5,9,13-15,17,20H,4,6-8,10-12H2,1H3,(H3,27,28,29,30,31,32)/t20-/m0/s1. The molecule has 0 amide bonds. The highest BCUT2D eigenvalue weighted by molar-refractivity contribution is 5.60. The molecule has 3 N–H and O–H groups in total. The molecule has 11 heteroatoms. The smallest absolute Gasteiger partial charge is 0.229 e. The van der Waals surface area contributed by atoms with Gasteiger partial charge in [0.05, 0.1) is 11.7 Å². The van der Waals surface area contributed by atoms with Crippen molar-refractivity contribution >= 4 is 23.4 Å². The largest absolute Gasteiger partial charge is 0.381 e. The lowest BCUT2D eigenvalue weighted by Crippen LogP contribution is -2.29. The van der Waals surface area contributed by atoms with Crippen LogP contribution in [0.5, 0.6) is 0 Å². The zero-order chi connectivity index (χ0) is 24.3. The summed E-state index contributed by atoms with van der Waals surface area (Å²) < 4.78 is 11.3. The van der Waals surface area contributed by atoms with E-state index < -0.39 is 0 Å². The van der Waals surface area contributed by atoms with Gasteiger partial charge >= 0.3 is 0 Å². The maximum atomic E-state index is 5.79. The van der Waals surface area contributed by atoms with Gasteiger partial charge < -0.3 is 24.8 Å². The Bertz CT molecular complexity index is 1300. The topological polar surface area (TPSA) is 130 Å². The number of hydrogen-bond acceptors (Lipinski definition) is 10. The van der Waals surface area contributed by atoms with E-state index in [2.05, 4.69) is 35.9 Å². The van der Waals surface area contributed by atoms with Gasteiger partial charge in [0.25, 0.3) is 0 Å². The van der Waals surface area contributed by atoms with Crippen LogP contribution < -0.4 is 15.5 Å². The Morgan fingerprint density at radius 1 is 1.00 bits per heavy atom. The van der Waals surface area contributed by atoms with Crippen molar-refractivity contribution in [1.82, 2.24) is 30.3 Å². The molecule has 2 fully saturated rings. The van der Waals surface area contributed by atoms with Gasteiger partial charge in [-0.15, -0.1) is 0 Å².